The number of likely N-dealkylation sites (N-methyl/N-ethyl adjacent to an activating group) is 1. The third kappa shape index (κ3) is 4.67. The topological polar surface area (TPSA) is 80.1 Å². The predicted molar refractivity (Wildman–Crippen MR) is 97.0 cm³/mol. The maximum atomic E-state index is 12.1. The van der Waals surface area contributed by atoms with Gasteiger partial charge in [0.05, 0.1) is 24.2 Å². The number of benzene rings is 1. The van der Waals surface area contributed by atoms with E-state index in [1.165, 1.54) is 0 Å². The fourth-order valence-corrected chi connectivity index (χ4v) is 2.59. The molecule has 0 bridgehead atoms. The van der Waals surface area contributed by atoms with Gasteiger partial charge in [0.1, 0.15) is 11.4 Å². The van der Waals surface area contributed by atoms with E-state index in [2.05, 4.69) is 22.2 Å². The van der Waals surface area contributed by atoms with Crippen molar-refractivity contribution in [3.05, 3.63) is 12.1 Å². The van der Waals surface area contributed by atoms with Crippen LogP contribution in [0, 0.1) is 0 Å². The normalized spacial score (nSPS) is 16.0. The molecule has 2 rings (SSSR count). The number of nitrogens with one attached hydrogen (secondary N) is 1. The minimum atomic E-state index is -0.559. The molecule has 0 spiro atoms. The highest BCUT2D eigenvalue weighted by molar-refractivity contribution is 5.92. The van der Waals surface area contributed by atoms with E-state index in [-0.39, 0.29) is 0 Å². The third-order valence-corrected chi connectivity index (χ3v) is 3.83. The molecule has 1 aliphatic rings. The summed E-state index contributed by atoms with van der Waals surface area (Å²) < 4.78 is 10.7. The summed E-state index contributed by atoms with van der Waals surface area (Å²) >= 11 is 0. The molecule has 1 aromatic carbocycles. The fourth-order valence-electron chi connectivity index (χ4n) is 2.59. The van der Waals surface area contributed by atoms with E-state index < -0.39 is 11.7 Å². The lowest BCUT2D eigenvalue weighted by Gasteiger charge is -2.35. The van der Waals surface area contributed by atoms with Crippen LogP contribution < -0.4 is 20.7 Å². The average Bonchev–Trinajstić information content (AvgIpc) is 2.46. The molecule has 0 saturated carbocycles. The van der Waals surface area contributed by atoms with Crippen LogP contribution in [0.2, 0.25) is 0 Å². The molecule has 3 N–H and O–H groups in total. The van der Waals surface area contributed by atoms with Crippen LogP contribution in [0.5, 0.6) is 5.75 Å². The van der Waals surface area contributed by atoms with Gasteiger partial charge in [0.2, 0.25) is 0 Å². The molecule has 1 fully saturated rings. The number of amides is 1. The second-order valence-corrected chi connectivity index (χ2v) is 7.03. The Labute approximate surface area is 143 Å². The van der Waals surface area contributed by atoms with Crippen LogP contribution in [-0.4, -0.2) is 56.9 Å². The lowest BCUT2D eigenvalue weighted by atomic mass is 10.1. The quantitative estimate of drug-likeness (QED) is 0.825. The zero-order chi connectivity index (χ0) is 17.9. The van der Waals surface area contributed by atoms with Gasteiger partial charge in [-0.25, -0.2) is 4.79 Å². The Kier molecular flexibility index (Phi) is 5.43. The Bertz CT molecular complexity index is 590. The van der Waals surface area contributed by atoms with Crippen LogP contribution in [0.3, 0.4) is 0 Å². The fraction of sp³-hybridized carbons (Fsp3) is 0.588. The lowest BCUT2D eigenvalue weighted by Crippen LogP contribution is -2.44. The Morgan fingerprint density at radius 3 is 2.38 bits per heavy atom. The van der Waals surface area contributed by atoms with Gasteiger partial charge in [-0.2, -0.15) is 0 Å². The molecular weight excluding hydrogens is 308 g/mol. The van der Waals surface area contributed by atoms with Gasteiger partial charge in [-0.15, -0.1) is 0 Å². The van der Waals surface area contributed by atoms with Gasteiger partial charge in [0, 0.05) is 32.2 Å². The molecule has 0 atom stereocenters. The second kappa shape index (κ2) is 7.17. The highest BCUT2D eigenvalue weighted by Gasteiger charge is 2.22. The molecule has 134 valence electrons. The van der Waals surface area contributed by atoms with E-state index in [1.807, 2.05) is 26.8 Å². The van der Waals surface area contributed by atoms with Crippen molar-refractivity contribution in [3.8, 4) is 5.75 Å². The van der Waals surface area contributed by atoms with Crippen LogP contribution in [0.4, 0.5) is 21.9 Å². The highest BCUT2D eigenvalue weighted by atomic mass is 16.6. The number of hydrogen-bond acceptors (Lipinski definition) is 6. The molecule has 1 aromatic rings. The molecule has 0 unspecified atom stereocenters. The number of nitrogen functional groups attached to an aromatic ring is 1. The number of piperazine rings is 1. The lowest BCUT2D eigenvalue weighted by molar-refractivity contribution is 0.0636. The Morgan fingerprint density at radius 1 is 1.21 bits per heavy atom. The van der Waals surface area contributed by atoms with Gasteiger partial charge < -0.3 is 25.0 Å². The van der Waals surface area contributed by atoms with Crippen molar-refractivity contribution in [1.29, 1.82) is 0 Å². The van der Waals surface area contributed by atoms with E-state index >= 15 is 0 Å². The minimum Gasteiger partial charge on any atom is -0.495 e. The van der Waals surface area contributed by atoms with Crippen molar-refractivity contribution >= 4 is 23.2 Å². The first-order chi connectivity index (χ1) is 11.2. The number of anilines is 3. The summed E-state index contributed by atoms with van der Waals surface area (Å²) in [5.74, 6) is 0.596. The summed E-state index contributed by atoms with van der Waals surface area (Å²) in [5, 5.41) is 2.82. The second-order valence-electron chi connectivity index (χ2n) is 7.03. The third-order valence-electron chi connectivity index (χ3n) is 3.83. The molecule has 7 nitrogen and oxygen atoms in total. The summed E-state index contributed by atoms with van der Waals surface area (Å²) in [6.45, 7) is 9.14. The average molecular weight is 336 g/mol. The number of carbonyl (C=O) groups is 1. The van der Waals surface area contributed by atoms with E-state index in [0.717, 1.165) is 31.9 Å². The van der Waals surface area contributed by atoms with Gasteiger partial charge in [-0.3, -0.25) is 5.32 Å². The number of methoxy groups -OCH3 is 1. The van der Waals surface area contributed by atoms with Crippen molar-refractivity contribution in [2.75, 3.05) is 56.3 Å². The maximum absolute atomic E-state index is 12.1. The van der Waals surface area contributed by atoms with Crippen LogP contribution in [0.15, 0.2) is 12.1 Å². The van der Waals surface area contributed by atoms with Gasteiger partial charge in [-0.1, -0.05) is 0 Å². The highest BCUT2D eigenvalue weighted by Crippen LogP contribution is 2.36. The van der Waals surface area contributed by atoms with Gasteiger partial charge >= 0.3 is 6.09 Å². The van der Waals surface area contributed by atoms with Crippen molar-refractivity contribution in [3.63, 3.8) is 0 Å². The van der Waals surface area contributed by atoms with Crippen molar-refractivity contribution in [2.24, 2.45) is 0 Å². The molecule has 1 saturated heterocycles. The number of nitrogens with zero attached hydrogens (tertiary/aromatic N) is 2. The van der Waals surface area contributed by atoms with Gasteiger partial charge in [0.25, 0.3) is 0 Å². The number of ether oxygens (including phenoxy) is 2. The number of rotatable bonds is 3. The first kappa shape index (κ1) is 18.2. The molecule has 0 radical (unpaired) electrons. The molecule has 1 amide bonds. The largest absolute Gasteiger partial charge is 0.495 e. The zero-order valence-corrected chi connectivity index (χ0v) is 15.2. The summed E-state index contributed by atoms with van der Waals surface area (Å²) in [5.41, 5.74) is 7.45. The monoisotopic (exact) mass is 336 g/mol. The summed E-state index contributed by atoms with van der Waals surface area (Å²) in [7, 11) is 3.68. The van der Waals surface area contributed by atoms with Crippen molar-refractivity contribution < 1.29 is 14.3 Å². The SMILES string of the molecule is COc1cc(N2CCN(C)CC2)c(NC(=O)OC(C)(C)C)cc1N. The number of hydrogen-bond donors (Lipinski definition) is 2. The zero-order valence-electron chi connectivity index (χ0n) is 15.2. The molecule has 0 aromatic heterocycles. The van der Waals surface area contributed by atoms with Gasteiger partial charge in [-0.05, 0) is 33.9 Å². The molecule has 0 aliphatic carbocycles. The first-order valence-corrected chi connectivity index (χ1v) is 8.10. The molecule has 24 heavy (non-hydrogen) atoms. The Balaban J connectivity index is 2.28. The maximum Gasteiger partial charge on any atom is 0.412 e. The van der Waals surface area contributed by atoms with Crippen LogP contribution in [0.1, 0.15) is 20.8 Å². The number of carbonyl (C=O) groups excluding carboxylic acids is 1. The van der Waals surface area contributed by atoms with E-state index in [1.54, 1.807) is 13.2 Å². The summed E-state index contributed by atoms with van der Waals surface area (Å²) in [6.07, 6.45) is -0.498. The molecule has 1 heterocycles. The van der Waals surface area contributed by atoms with Crippen LogP contribution >= 0.6 is 0 Å². The van der Waals surface area contributed by atoms with Crippen LogP contribution in [0.25, 0.3) is 0 Å². The van der Waals surface area contributed by atoms with Crippen LogP contribution in [-0.2, 0) is 4.74 Å². The van der Waals surface area contributed by atoms with E-state index in [4.69, 9.17) is 15.2 Å². The van der Waals surface area contributed by atoms with E-state index in [9.17, 15) is 4.79 Å². The summed E-state index contributed by atoms with van der Waals surface area (Å²) in [4.78, 5) is 16.6. The Hall–Kier alpha value is -2.15. The van der Waals surface area contributed by atoms with Gasteiger partial charge in [0.15, 0.2) is 0 Å². The molecule has 7 heteroatoms. The van der Waals surface area contributed by atoms with Crippen molar-refractivity contribution in [1.82, 2.24) is 4.90 Å². The predicted octanol–water partition coefficient (Wildman–Crippen LogP) is 2.38. The standard InChI is InChI=1S/C17H28N4O3/c1-17(2,3)24-16(22)19-13-10-12(18)15(23-5)11-14(13)21-8-6-20(4)7-9-21/h10-11H,6-9,18H2,1-5H3,(H,19,22). The minimum absolute atomic E-state index is 0.474. The Morgan fingerprint density at radius 2 is 1.83 bits per heavy atom. The van der Waals surface area contributed by atoms with E-state index in [0.29, 0.717) is 17.1 Å². The summed E-state index contributed by atoms with van der Waals surface area (Å²) in [6, 6.07) is 3.59. The molecule has 1 aliphatic heterocycles. The smallest absolute Gasteiger partial charge is 0.412 e. The number of nitrogens with two attached hydrogens (primary N) is 1. The first-order valence-electron chi connectivity index (χ1n) is 8.10. The molecular formula is C17H28N4O3. The van der Waals surface area contributed by atoms with Crippen molar-refractivity contribution in [2.45, 2.75) is 26.4 Å².